The number of nitrogens with zero attached hydrogens (tertiary/aromatic N) is 6. The second kappa shape index (κ2) is 7.94. The molecular formula is C19H17ClN6S. The molecule has 6 nitrogen and oxygen atoms in total. The van der Waals surface area contributed by atoms with E-state index in [1.807, 2.05) is 54.6 Å². The molecule has 0 unspecified atom stereocenters. The highest BCUT2D eigenvalue weighted by Crippen LogP contribution is 2.26. The number of rotatable bonds is 6. The maximum absolute atomic E-state index is 5.98. The quantitative estimate of drug-likeness (QED) is 0.449. The third kappa shape index (κ3) is 3.89. The van der Waals surface area contributed by atoms with Crippen molar-refractivity contribution in [2.24, 2.45) is 0 Å². The zero-order chi connectivity index (χ0) is 18.6. The molecule has 27 heavy (non-hydrogen) atoms. The summed E-state index contributed by atoms with van der Waals surface area (Å²) in [7, 11) is 0. The lowest BCUT2D eigenvalue weighted by Crippen LogP contribution is -2.00. The van der Waals surface area contributed by atoms with Gasteiger partial charge in [-0.15, -0.1) is 10.2 Å². The Morgan fingerprint density at radius 1 is 1.00 bits per heavy atom. The molecule has 0 amide bonds. The first-order chi connectivity index (χ1) is 13.2. The molecule has 0 bridgehead atoms. The van der Waals surface area contributed by atoms with Gasteiger partial charge in [-0.3, -0.25) is 0 Å². The molecule has 4 aromatic rings. The molecule has 0 aliphatic rings. The van der Waals surface area contributed by atoms with E-state index in [0.29, 0.717) is 10.8 Å². The van der Waals surface area contributed by atoms with Crippen molar-refractivity contribution in [3.8, 4) is 17.1 Å². The number of thioether (sulfide) groups is 1. The molecule has 0 spiro atoms. The highest BCUT2D eigenvalue weighted by Gasteiger charge is 2.14. The summed E-state index contributed by atoms with van der Waals surface area (Å²) < 4.78 is 2.09. The summed E-state index contributed by atoms with van der Waals surface area (Å²) in [5, 5.41) is 19.2. The van der Waals surface area contributed by atoms with Gasteiger partial charge < -0.3 is 4.57 Å². The van der Waals surface area contributed by atoms with Crippen LogP contribution in [0.1, 0.15) is 12.6 Å². The topological polar surface area (TPSA) is 61.4 Å². The van der Waals surface area contributed by atoms with E-state index >= 15 is 0 Å². The van der Waals surface area contributed by atoms with E-state index in [9.17, 15) is 0 Å². The maximum atomic E-state index is 5.98. The van der Waals surface area contributed by atoms with Crippen LogP contribution in [0, 0.1) is 0 Å². The molecule has 0 N–H and O–H groups in total. The second-order valence-corrected chi connectivity index (χ2v) is 7.19. The van der Waals surface area contributed by atoms with Crippen LogP contribution in [0.5, 0.6) is 0 Å². The van der Waals surface area contributed by atoms with Gasteiger partial charge in [0, 0.05) is 22.9 Å². The van der Waals surface area contributed by atoms with Gasteiger partial charge in [0.05, 0.1) is 17.6 Å². The van der Waals surface area contributed by atoms with Crippen LogP contribution in [-0.2, 0) is 12.3 Å². The van der Waals surface area contributed by atoms with Crippen LogP contribution in [0.3, 0.4) is 0 Å². The molecule has 0 atom stereocenters. The molecule has 8 heteroatoms. The Labute approximate surface area is 166 Å². The SMILES string of the molecule is CCn1c(SCc2cnn(-c3ccccc3)n2)nnc1-c1ccc(Cl)cc1. The lowest BCUT2D eigenvalue weighted by Gasteiger charge is -2.06. The molecule has 136 valence electrons. The van der Waals surface area contributed by atoms with Gasteiger partial charge in [0.25, 0.3) is 0 Å². The monoisotopic (exact) mass is 396 g/mol. The van der Waals surface area contributed by atoms with Crippen molar-refractivity contribution < 1.29 is 0 Å². The highest BCUT2D eigenvalue weighted by atomic mass is 35.5. The van der Waals surface area contributed by atoms with Gasteiger partial charge in [0.15, 0.2) is 11.0 Å². The van der Waals surface area contributed by atoms with Crippen molar-refractivity contribution in [2.75, 3.05) is 0 Å². The van der Waals surface area contributed by atoms with E-state index in [2.05, 4.69) is 31.9 Å². The summed E-state index contributed by atoms with van der Waals surface area (Å²) in [6, 6.07) is 17.5. The number of para-hydroxylation sites is 1. The minimum Gasteiger partial charge on any atom is -0.302 e. The van der Waals surface area contributed by atoms with Crippen molar-refractivity contribution >= 4 is 23.4 Å². The first-order valence-corrected chi connectivity index (χ1v) is 9.89. The fourth-order valence-corrected chi connectivity index (χ4v) is 3.68. The van der Waals surface area contributed by atoms with Gasteiger partial charge in [-0.1, -0.05) is 41.6 Å². The average molecular weight is 397 g/mol. The number of aromatic nitrogens is 6. The lowest BCUT2D eigenvalue weighted by atomic mass is 10.2. The van der Waals surface area contributed by atoms with Crippen molar-refractivity contribution in [1.82, 2.24) is 29.8 Å². The Kier molecular flexibility index (Phi) is 5.22. The van der Waals surface area contributed by atoms with Crippen LogP contribution in [0.25, 0.3) is 17.1 Å². The predicted molar refractivity (Wildman–Crippen MR) is 107 cm³/mol. The van der Waals surface area contributed by atoms with Gasteiger partial charge >= 0.3 is 0 Å². The number of hydrogen-bond acceptors (Lipinski definition) is 5. The highest BCUT2D eigenvalue weighted by molar-refractivity contribution is 7.98. The van der Waals surface area contributed by atoms with Gasteiger partial charge in [0.1, 0.15) is 0 Å². The standard InChI is InChI=1S/C19H17ClN6S/c1-2-25-18(14-8-10-15(20)11-9-14)22-23-19(25)27-13-16-12-21-26(24-16)17-6-4-3-5-7-17/h3-12H,2,13H2,1H3. The normalized spacial score (nSPS) is 11.0. The van der Waals surface area contributed by atoms with Crippen LogP contribution in [-0.4, -0.2) is 29.8 Å². The molecule has 0 fully saturated rings. The third-order valence-electron chi connectivity index (χ3n) is 4.01. The van der Waals surface area contributed by atoms with Crippen LogP contribution in [0.2, 0.25) is 5.02 Å². The Hall–Kier alpha value is -2.64. The van der Waals surface area contributed by atoms with Gasteiger partial charge in [0.2, 0.25) is 0 Å². The summed E-state index contributed by atoms with van der Waals surface area (Å²) >= 11 is 7.58. The molecule has 4 rings (SSSR count). The first kappa shape index (κ1) is 17.8. The van der Waals surface area contributed by atoms with E-state index in [-0.39, 0.29) is 0 Å². The molecule has 0 radical (unpaired) electrons. The number of halogens is 1. The van der Waals surface area contributed by atoms with Crippen molar-refractivity contribution in [1.29, 1.82) is 0 Å². The summed E-state index contributed by atoms with van der Waals surface area (Å²) in [6.45, 7) is 2.86. The van der Waals surface area contributed by atoms with Crippen LogP contribution < -0.4 is 0 Å². The Morgan fingerprint density at radius 2 is 1.78 bits per heavy atom. The van der Waals surface area contributed by atoms with Crippen LogP contribution in [0.4, 0.5) is 0 Å². The molecular weight excluding hydrogens is 380 g/mol. The van der Waals surface area contributed by atoms with Gasteiger partial charge in [-0.05, 0) is 43.3 Å². The van der Waals surface area contributed by atoms with Crippen molar-refractivity contribution in [3.63, 3.8) is 0 Å². The maximum Gasteiger partial charge on any atom is 0.191 e. The minimum atomic E-state index is 0.672. The molecule has 0 saturated carbocycles. The zero-order valence-corrected chi connectivity index (χ0v) is 16.2. The molecule has 0 saturated heterocycles. The predicted octanol–water partition coefficient (Wildman–Crippen LogP) is 4.49. The van der Waals surface area contributed by atoms with Gasteiger partial charge in [-0.2, -0.15) is 15.0 Å². The number of benzene rings is 2. The summed E-state index contributed by atoms with van der Waals surface area (Å²) in [5.74, 6) is 1.51. The van der Waals surface area contributed by atoms with E-state index in [4.69, 9.17) is 11.6 Å². The van der Waals surface area contributed by atoms with E-state index < -0.39 is 0 Å². The summed E-state index contributed by atoms with van der Waals surface area (Å²) in [5.41, 5.74) is 2.83. The third-order valence-corrected chi connectivity index (χ3v) is 5.26. The minimum absolute atomic E-state index is 0.672. The first-order valence-electron chi connectivity index (χ1n) is 8.53. The molecule has 0 aliphatic heterocycles. The second-order valence-electron chi connectivity index (χ2n) is 5.81. The molecule has 2 aromatic carbocycles. The zero-order valence-electron chi connectivity index (χ0n) is 14.7. The van der Waals surface area contributed by atoms with Crippen LogP contribution >= 0.6 is 23.4 Å². The summed E-state index contributed by atoms with van der Waals surface area (Å²) in [4.78, 5) is 1.64. The van der Waals surface area contributed by atoms with Gasteiger partial charge in [-0.25, -0.2) is 0 Å². The van der Waals surface area contributed by atoms with E-state index in [1.54, 1.807) is 22.8 Å². The van der Waals surface area contributed by atoms with E-state index in [1.165, 1.54) is 0 Å². The van der Waals surface area contributed by atoms with Crippen molar-refractivity contribution in [3.05, 3.63) is 71.5 Å². The van der Waals surface area contributed by atoms with E-state index in [0.717, 1.165) is 34.5 Å². The molecule has 2 aromatic heterocycles. The summed E-state index contributed by atoms with van der Waals surface area (Å²) in [6.07, 6.45) is 1.78. The smallest absolute Gasteiger partial charge is 0.191 e. The van der Waals surface area contributed by atoms with Crippen LogP contribution in [0.15, 0.2) is 66.0 Å². The molecule has 0 aliphatic carbocycles. The largest absolute Gasteiger partial charge is 0.302 e. The average Bonchev–Trinajstić information content (AvgIpc) is 3.34. The Bertz CT molecular complexity index is 1030. The fourth-order valence-electron chi connectivity index (χ4n) is 2.68. The number of hydrogen-bond donors (Lipinski definition) is 0. The fraction of sp³-hybridized carbons (Fsp3) is 0.158. The lowest BCUT2D eigenvalue weighted by molar-refractivity contribution is 0.687. The molecule has 2 heterocycles. The Balaban J connectivity index is 1.50. The van der Waals surface area contributed by atoms with Crippen molar-refractivity contribution in [2.45, 2.75) is 24.4 Å². The Morgan fingerprint density at radius 3 is 2.52 bits per heavy atom.